The first-order chi connectivity index (χ1) is 15.5. The van der Waals surface area contributed by atoms with Gasteiger partial charge in [0, 0.05) is 26.2 Å². The number of oxazole rings is 1. The Morgan fingerprint density at radius 3 is 2.41 bits per heavy atom. The van der Waals surface area contributed by atoms with Crippen molar-refractivity contribution in [2.24, 2.45) is 0 Å². The lowest BCUT2D eigenvalue weighted by atomic mass is 9.84. The largest absolute Gasteiger partial charge is 0.439 e. The lowest BCUT2D eigenvalue weighted by Crippen LogP contribution is -2.48. The van der Waals surface area contributed by atoms with E-state index in [0.29, 0.717) is 49.4 Å². The molecule has 3 aromatic rings. The second kappa shape index (κ2) is 8.96. The van der Waals surface area contributed by atoms with E-state index in [2.05, 4.69) is 9.88 Å². The first-order valence-electron chi connectivity index (χ1n) is 11.7. The van der Waals surface area contributed by atoms with E-state index >= 15 is 0 Å². The summed E-state index contributed by atoms with van der Waals surface area (Å²) in [5.74, 6) is 1.26. The Bertz CT molecular complexity index is 1170. The molecule has 2 fully saturated rings. The van der Waals surface area contributed by atoms with Gasteiger partial charge in [0.05, 0.1) is 11.4 Å². The molecule has 0 unspecified atom stereocenters. The van der Waals surface area contributed by atoms with E-state index < -0.39 is 10.0 Å². The number of piperazine rings is 1. The smallest absolute Gasteiger partial charge is 0.243 e. The average molecular weight is 454 g/mol. The molecular weight excluding hydrogens is 422 g/mol. The Hall–Kier alpha value is -2.22. The van der Waals surface area contributed by atoms with Crippen LogP contribution >= 0.6 is 0 Å². The van der Waals surface area contributed by atoms with E-state index in [-0.39, 0.29) is 0 Å². The van der Waals surface area contributed by atoms with Gasteiger partial charge >= 0.3 is 0 Å². The monoisotopic (exact) mass is 453 g/mol. The van der Waals surface area contributed by atoms with E-state index in [0.717, 1.165) is 16.7 Å². The molecule has 0 spiro atoms. The topological polar surface area (TPSA) is 66.7 Å². The van der Waals surface area contributed by atoms with Gasteiger partial charge in [-0.3, -0.25) is 4.90 Å². The molecule has 0 N–H and O–H groups in total. The van der Waals surface area contributed by atoms with Crippen LogP contribution in [-0.4, -0.2) is 48.8 Å². The molecule has 2 heterocycles. The minimum Gasteiger partial charge on any atom is -0.439 e. The van der Waals surface area contributed by atoms with Gasteiger partial charge in [0.25, 0.3) is 0 Å². The molecule has 5 rings (SSSR count). The van der Waals surface area contributed by atoms with Crippen LogP contribution in [0.15, 0.2) is 51.8 Å². The zero-order valence-corrected chi connectivity index (χ0v) is 19.5. The Labute approximate surface area is 190 Å². The first kappa shape index (κ1) is 21.6. The molecule has 2 aliphatic rings. The zero-order chi connectivity index (χ0) is 22.1. The van der Waals surface area contributed by atoms with Gasteiger partial charge in [-0.15, -0.1) is 0 Å². The van der Waals surface area contributed by atoms with Gasteiger partial charge < -0.3 is 4.42 Å². The quantitative estimate of drug-likeness (QED) is 0.561. The molecule has 1 aromatic heterocycles. The average Bonchev–Trinajstić information content (AvgIpc) is 3.21. The molecule has 0 atom stereocenters. The van der Waals surface area contributed by atoms with Crippen molar-refractivity contribution >= 4 is 21.1 Å². The number of hydrogen-bond donors (Lipinski definition) is 0. The summed E-state index contributed by atoms with van der Waals surface area (Å²) in [6.45, 7) is 4.92. The van der Waals surface area contributed by atoms with Crippen LogP contribution in [0.1, 0.15) is 55.0 Å². The Balaban J connectivity index is 1.21. The fourth-order valence-electron chi connectivity index (χ4n) is 4.97. The molecular formula is C25H31N3O3S. The molecule has 0 bridgehead atoms. The Morgan fingerprint density at radius 1 is 0.969 bits per heavy atom. The van der Waals surface area contributed by atoms with Gasteiger partial charge in [0.1, 0.15) is 5.52 Å². The SMILES string of the molecule is Cc1ccc2oc(CN3CCN(S(=O)(=O)c4ccc(C5CCCCC5)cc4)CC3)nc2c1. The van der Waals surface area contributed by atoms with E-state index in [9.17, 15) is 8.42 Å². The Morgan fingerprint density at radius 2 is 1.69 bits per heavy atom. The van der Waals surface area contributed by atoms with E-state index in [1.807, 2.05) is 37.3 Å². The summed E-state index contributed by atoms with van der Waals surface area (Å²) in [6.07, 6.45) is 6.30. The van der Waals surface area contributed by atoms with Crippen LogP contribution < -0.4 is 0 Å². The molecule has 2 aromatic carbocycles. The van der Waals surface area contributed by atoms with Gasteiger partial charge in [0.15, 0.2) is 5.58 Å². The molecule has 1 aliphatic carbocycles. The summed E-state index contributed by atoms with van der Waals surface area (Å²) in [5, 5.41) is 0. The van der Waals surface area contributed by atoms with Crippen molar-refractivity contribution in [3.05, 3.63) is 59.5 Å². The highest BCUT2D eigenvalue weighted by Crippen LogP contribution is 2.33. The second-order valence-corrected chi connectivity index (χ2v) is 11.1. The molecule has 1 saturated carbocycles. The van der Waals surface area contributed by atoms with Crippen molar-refractivity contribution < 1.29 is 12.8 Å². The summed E-state index contributed by atoms with van der Waals surface area (Å²) in [4.78, 5) is 7.20. The third-order valence-corrected chi connectivity index (χ3v) is 8.78. The number of sulfonamides is 1. The maximum Gasteiger partial charge on any atom is 0.243 e. The molecule has 0 amide bonds. The number of nitrogens with zero attached hydrogens (tertiary/aromatic N) is 3. The standard InChI is InChI=1S/C25H31N3O3S/c1-19-7-12-24-23(17-19)26-25(31-24)18-27-13-15-28(16-14-27)32(29,30)22-10-8-21(9-11-22)20-5-3-2-4-6-20/h7-12,17,20H,2-6,13-16,18H2,1H3. The fraction of sp³-hybridized carbons (Fsp3) is 0.480. The van der Waals surface area contributed by atoms with Crippen LogP contribution in [0, 0.1) is 6.92 Å². The highest BCUT2D eigenvalue weighted by molar-refractivity contribution is 7.89. The van der Waals surface area contributed by atoms with Crippen LogP contribution in [-0.2, 0) is 16.6 Å². The number of fused-ring (bicyclic) bond motifs is 1. The molecule has 1 aliphatic heterocycles. The number of rotatable bonds is 5. The van der Waals surface area contributed by atoms with E-state index in [1.165, 1.54) is 37.7 Å². The normalized spacial score (nSPS) is 19.5. The fourth-order valence-corrected chi connectivity index (χ4v) is 6.39. The van der Waals surface area contributed by atoms with Crippen molar-refractivity contribution in [2.45, 2.75) is 56.4 Å². The predicted molar refractivity (Wildman–Crippen MR) is 125 cm³/mol. The van der Waals surface area contributed by atoms with Crippen molar-refractivity contribution in [3.63, 3.8) is 0 Å². The summed E-state index contributed by atoms with van der Waals surface area (Å²) in [7, 11) is -3.46. The minimum absolute atomic E-state index is 0.403. The van der Waals surface area contributed by atoms with Crippen molar-refractivity contribution in [3.8, 4) is 0 Å². The summed E-state index contributed by atoms with van der Waals surface area (Å²) >= 11 is 0. The third-order valence-electron chi connectivity index (χ3n) is 6.87. The summed E-state index contributed by atoms with van der Waals surface area (Å²) in [6, 6.07) is 13.6. The van der Waals surface area contributed by atoms with Crippen molar-refractivity contribution in [1.29, 1.82) is 0 Å². The lowest BCUT2D eigenvalue weighted by Gasteiger charge is -2.33. The van der Waals surface area contributed by atoms with E-state index in [1.54, 1.807) is 16.4 Å². The van der Waals surface area contributed by atoms with Gasteiger partial charge in [-0.25, -0.2) is 13.4 Å². The molecule has 170 valence electrons. The summed E-state index contributed by atoms with van der Waals surface area (Å²) < 4.78 is 33.8. The van der Waals surface area contributed by atoms with Crippen LogP contribution in [0.5, 0.6) is 0 Å². The number of aryl methyl sites for hydroxylation is 1. The summed E-state index contributed by atoms with van der Waals surface area (Å²) in [5.41, 5.74) is 4.10. The maximum absolute atomic E-state index is 13.2. The molecule has 32 heavy (non-hydrogen) atoms. The third kappa shape index (κ3) is 4.47. The highest BCUT2D eigenvalue weighted by Gasteiger charge is 2.29. The molecule has 1 saturated heterocycles. The van der Waals surface area contributed by atoms with Gasteiger partial charge in [0.2, 0.25) is 15.9 Å². The van der Waals surface area contributed by atoms with Crippen molar-refractivity contribution in [1.82, 2.24) is 14.2 Å². The molecule has 7 heteroatoms. The van der Waals surface area contributed by atoms with Crippen LogP contribution in [0.25, 0.3) is 11.1 Å². The lowest BCUT2D eigenvalue weighted by molar-refractivity contribution is 0.169. The first-order valence-corrected chi connectivity index (χ1v) is 13.1. The van der Waals surface area contributed by atoms with Crippen LogP contribution in [0.4, 0.5) is 0 Å². The van der Waals surface area contributed by atoms with Gasteiger partial charge in [-0.1, -0.05) is 37.5 Å². The minimum atomic E-state index is -3.46. The van der Waals surface area contributed by atoms with Crippen LogP contribution in [0.2, 0.25) is 0 Å². The predicted octanol–water partition coefficient (Wildman–Crippen LogP) is 4.69. The number of hydrogen-bond acceptors (Lipinski definition) is 5. The number of aromatic nitrogens is 1. The Kier molecular flexibility index (Phi) is 6.05. The molecule has 0 radical (unpaired) electrons. The van der Waals surface area contributed by atoms with Gasteiger partial charge in [-0.2, -0.15) is 4.31 Å². The highest BCUT2D eigenvalue weighted by atomic mass is 32.2. The van der Waals surface area contributed by atoms with Crippen molar-refractivity contribution in [2.75, 3.05) is 26.2 Å². The van der Waals surface area contributed by atoms with E-state index in [4.69, 9.17) is 4.42 Å². The van der Waals surface area contributed by atoms with Gasteiger partial charge in [-0.05, 0) is 61.1 Å². The maximum atomic E-state index is 13.2. The second-order valence-electron chi connectivity index (χ2n) is 9.16. The van der Waals surface area contributed by atoms with Crippen LogP contribution in [0.3, 0.4) is 0 Å². The number of benzene rings is 2. The molecule has 6 nitrogen and oxygen atoms in total. The zero-order valence-electron chi connectivity index (χ0n) is 18.7.